The molecular weight excluding hydrogens is 222 g/mol. The molecule has 1 atom stereocenters. The van der Waals surface area contributed by atoms with Gasteiger partial charge in [0.1, 0.15) is 0 Å². The highest BCUT2D eigenvalue weighted by Gasteiger charge is 2.20. The average Bonchev–Trinajstić information content (AvgIpc) is 2.75. The van der Waals surface area contributed by atoms with Gasteiger partial charge in [-0.15, -0.1) is 0 Å². The minimum atomic E-state index is 0.110. The summed E-state index contributed by atoms with van der Waals surface area (Å²) < 4.78 is 2.24. The zero-order valence-electron chi connectivity index (χ0n) is 12.4. The van der Waals surface area contributed by atoms with E-state index >= 15 is 0 Å². The van der Waals surface area contributed by atoms with Gasteiger partial charge in [-0.1, -0.05) is 47.0 Å². The Hall–Kier alpha value is -0.830. The minimum Gasteiger partial charge on any atom is -0.333 e. The lowest BCUT2D eigenvalue weighted by Crippen LogP contribution is -2.23. The maximum absolute atomic E-state index is 6.12. The second kappa shape index (κ2) is 6.93. The van der Waals surface area contributed by atoms with Gasteiger partial charge in [0, 0.05) is 18.8 Å². The number of rotatable bonds is 8. The number of imidazole rings is 1. The lowest BCUT2D eigenvalue weighted by molar-refractivity contribution is 0.266. The van der Waals surface area contributed by atoms with Crippen LogP contribution >= 0.6 is 0 Å². The molecule has 0 aromatic carbocycles. The number of hydrogen-bond donors (Lipinski definition) is 1. The Morgan fingerprint density at radius 1 is 1.33 bits per heavy atom. The summed E-state index contributed by atoms with van der Waals surface area (Å²) >= 11 is 0. The predicted molar refractivity (Wildman–Crippen MR) is 77.4 cm³/mol. The van der Waals surface area contributed by atoms with Crippen LogP contribution in [-0.4, -0.2) is 9.55 Å². The van der Waals surface area contributed by atoms with Crippen LogP contribution in [0.5, 0.6) is 0 Å². The van der Waals surface area contributed by atoms with E-state index in [1.165, 1.54) is 31.4 Å². The van der Waals surface area contributed by atoms with E-state index in [2.05, 4.69) is 37.2 Å². The van der Waals surface area contributed by atoms with Gasteiger partial charge in [-0.25, -0.2) is 4.98 Å². The van der Waals surface area contributed by atoms with Gasteiger partial charge in [-0.2, -0.15) is 0 Å². The smallest absolute Gasteiger partial charge is 0.0948 e. The topological polar surface area (TPSA) is 43.8 Å². The van der Waals surface area contributed by atoms with Crippen molar-refractivity contribution in [3.8, 4) is 0 Å². The van der Waals surface area contributed by atoms with Crippen LogP contribution in [0.25, 0.3) is 0 Å². The zero-order chi connectivity index (χ0) is 13.6. The van der Waals surface area contributed by atoms with Crippen molar-refractivity contribution >= 4 is 0 Å². The minimum absolute atomic E-state index is 0.110. The van der Waals surface area contributed by atoms with E-state index in [4.69, 9.17) is 5.73 Å². The maximum atomic E-state index is 6.12. The molecule has 1 aromatic rings. The molecule has 3 nitrogen and oxygen atoms in total. The molecule has 2 N–H and O–H groups in total. The molecule has 0 saturated carbocycles. The molecular formula is C15H29N3. The Morgan fingerprint density at radius 3 is 2.67 bits per heavy atom. The third kappa shape index (κ3) is 4.45. The first-order chi connectivity index (χ1) is 8.50. The lowest BCUT2D eigenvalue weighted by atomic mass is 9.86. The van der Waals surface area contributed by atoms with Crippen LogP contribution in [0.15, 0.2) is 12.5 Å². The number of nitrogens with zero attached hydrogens (tertiary/aromatic N) is 2. The van der Waals surface area contributed by atoms with Gasteiger partial charge >= 0.3 is 0 Å². The summed E-state index contributed by atoms with van der Waals surface area (Å²) in [7, 11) is 0. The number of hydrogen-bond acceptors (Lipinski definition) is 2. The Kier molecular flexibility index (Phi) is 5.86. The molecule has 0 fully saturated rings. The quantitative estimate of drug-likeness (QED) is 0.712. The van der Waals surface area contributed by atoms with Crippen LogP contribution in [0.4, 0.5) is 0 Å². The average molecular weight is 251 g/mol. The summed E-state index contributed by atoms with van der Waals surface area (Å²) in [5.41, 5.74) is 7.60. The molecule has 0 amide bonds. The van der Waals surface area contributed by atoms with E-state index in [1.54, 1.807) is 0 Å². The van der Waals surface area contributed by atoms with Crippen LogP contribution in [0, 0.1) is 5.41 Å². The van der Waals surface area contributed by atoms with Gasteiger partial charge in [0.05, 0.1) is 12.0 Å². The summed E-state index contributed by atoms with van der Waals surface area (Å²) in [5.74, 6) is 0. The first-order valence-corrected chi connectivity index (χ1v) is 7.25. The molecule has 1 heterocycles. The lowest BCUT2D eigenvalue weighted by Gasteiger charge is -2.27. The third-order valence-electron chi connectivity index (χ3n) is 3.62. The molecule has 0 radical (unpaired) electrons. The number of nitrogens with two attached hydrogens (primary N) is 1. The molecule has 0 unspecified atom stereocenters. The van der Waals surface area contributed by atoms with Crippen molar-refractivity contribution in [1.29, 1.82) is 0 Å². The summed E-state index contributed by atoms with van der Waals surface area (Å²) in [5, 5.41) is 0. The van der Waals surface area contributed by atoms with Crippen molar-refractivity contribution in [2.45, 2.75) is 72.4 Å². The molecule has 0 spiro atoms. The molecule has 0 saturated heterocycles. The van der Waals surface area contributed by atoms with E-state index in [1.807, 2.05) is 12.5 Å². The van der Waals surface area contributed by atoms with Crippen LogP contribution in [-0.2, 0) is 6.54 Å². The molecule has 0 aliphatic heterocycles. The Bertz CT molecular complexity index is 341. The van der Waals surface area contributed by atoms with Gasteiger partial charge in [0.25, 0.3) is 0 Å². The van der Waals surface area contributed by atoms with Crippen molar-refractivity contribution < 1.29 is 0 Å². The van der Waals surface area contributed by atoms with E-state index in [0.717, 1.165) is 13.0 Å². The van der Waals surface area contributed by atoms with E-state index in [9.17, 15) is 0 Å². The molecule has 3 heteroatoms. The van der Waals surface area contributed by atoms with E-state index in [0.29, 0.717) is 5.41 Å². The SMILES string of the molecule is CCCCCC(C)(C)Cn1cncc1[C@H](N)CC. The van der Waals surface area contributed by atoms with Gasteiger partial charge in [0.15, 0.2) is 0 Å². The zero-order valence-corrected chi connectivity index (χ0v) is 12.4. The third-order valence-corrected chi connectivity index (χ3v) is 3.62. The Balaban J connectivity index is 2.63. The van der Waals surface area contributed by atoms with E-state index < -0.39 is 0 Å². The fraction of sp³-hybridized carbons (Fsp3) is 0.800. The molecule has 0 aliphatic carbocycles. The predicted octanol–water partition coefficient (Wildman–Crippen LogP) is 3.90. The second-order valence-corrected chi connectivity index (χ2v) is 6.08. The van der Waals surface area contributed by atoms with Crippen LogP contribution in [0.3, 0.4) is 0 Å². The number of aromatic nitrogens is 2. The highest BCUT2D eigenvalue weighted by Crippen LogP contribution is 2.27. The largest absolute Gasteiger partial charge is 0.333 e. The highest BCUT2D eigenvalue weighted by atomic mass is 15.1. The molecule has 104 valence electrons. The summed E-state index contributed by atoms with van der Waals surface area (Å²) in [4.78, 5) is 4.25. The fourth-order valence-corrected chi connectivity index (χ4v) is 2.37. The van der Waals surface area contributed by atoms with Crippen molar-refractivity contribution in [2.24, 2.45) is 11.1 Å². The van der Waals surface area contributed by atoms with Crippen molar-refractivity contribution in [2.75, 3.05) is 0 Å². The first-order valence-electron chi connectivity index (χ1n) is 7.25. The monoisotopic (exact) mass is 251 g/mol. The standard InChI is InChI=1S/C15H29N3/c1-5-7-8-9-15(3,4)11-18-12-17-10-14(18)13(16)6-2/h10,12-13H,5-9,11,16H2,1-4H3/t13-/m1/s1. The van der Waals surface area contributed by atoms with Crippen molar-refractivity contribution in [3.63, 3.8) is 0 Å². The first kappa shape index (κ1) is 15.2. The fourth-order valence-electron chi connectivity index (χ4n) is 2.37. The van der Waals surface area contributed by atoms with Crippen LogP contribution < -0.4 is 5.73 Å². The Labute approximate surface area is 112 Å². The normalized spacial score (nSPS) is 13.8. The van der Waals surface area contributed by atoms with Crippen molar-refractivity contribution in [1.82, 2.24) is 9.55 Å². The van der Waals surface area contributed by atoms with Gasteiger partial charge in [-0.3, -0.25) is 0 Å². The number of unbranched alkanes of at least 4 members (excludes halogenated alkanes) is 2. The van der Waals surface area contributed by atoms with Gasteiger partial charge in [-0.05, 0) is 18.3 Å². The van der Waals surface area contributed by atoms with Crippen molar-refractivity contribution in [3.05, 3.63) is 18.2 Å². The Morgan fingerprint density at radius 2 is 2.06 bits per heavy atom. The van der Waals surface area contributed by atoms with Crippen LogP contribution in [0.1, 0.15) is 71.5 Å². The maximum Gasteiger partial charge on any atom is 0.0948 e. The molecule has 18 heavy (non-hydrogen) atoms. The summed E-state index contributed by atoms with van der Waals surface area (Å²) in [6.45, 7) is 10.1. The highest BCUT2D eigenvalue weighted by molar-refractivity contribution is 5.04. The summed E-state index contributed by atoms with van der Waals surface area (Å²) in [6.07, 6.45) is 9.99. The van der Waals surface area contributed by atoms with Crippen LogP contribution in [0.2, 0.25) is 0 Å². The molecule has 1 aromatic heterocycles. The van der Waals surface area contributed by atoms with E-state index in [-0.39, 0.29) is 6.04 Å². The molecule has 0 bridgehead atoms. The van der Waals surface area contributed by atoms with Gasteiger partial charge in [0.2, 0.25) is 0 Å². The molecule has 0 aliphatic rings. The summed E-state index contributed by atoms with van der Waals surface area (Å²) in [6, 6.07) is 0.110. The molecule has 1 rings (SSSR count). The van der Waals surface area contributed by atoms with Gasteiger partial charge < -0.3 is 10.3 Å². The second-order valence-electron chi connectivity index (χ2n) is 6.08.